The van der Waals surface area contributed by atoms with Crippen LogP contribution in [0.1, 0.15) is 31.7 Å². The zero-order valence-electron chi connectivity index (χ0n) is 9.66. The summed E-state index contributed by atoms with van der Waals surface area (Å²) in [7, 11) is 0. The van der Waals surface area contributed by atoms with Crippen molar-refractivity contribution in [2.45, 2.75) is 46.2 Å². The highest BCUT2D eigenvalue weighted by molar-refractivity contribution is 5.81. The smallest absolute Gasteiger partial charge is 0.140 e. The van der Waals surface area contributed by atoms with Crippen molar-refractivity contribution in [2.24, 2.45) is 5.73 Å². The average molecular weight is 209 g/mol. The standard InChI is InChI=1S/C11H19N3O/c1-4-14-10(6-9(3)13-14)7-11(15)5-8(2)12/h6,8H,4-5,7,12H2,1-3H3. The molecule has 1 unspecified atom stereocenters. The molecule has 4 heteroatoms. The molecular weight excluding hydrogens is 190 g/mol. The first-order valence-corrected chi connectivity index (χ1v) is 5.33. The maximum Gasteiger partial charge on any atom is 0.140 e. The zero-order chi connectivity index (χ0) is 11.4. The van der Waals surface area contributed by atoms with Gasteiger partial charge < -0.3 is 5.73 Å². The van der Waals surface area contributed by atoms with E-state index < -0.39 is 0 Å². The van der Waals surface area contributed by atoms with Crippen LogP contribution in [0.2, 0.25) is 0 Å². The minimum absolute atomic E-state index is 0.0587. The molecule has 1 rings (SSSR count). The number of nitrogens with zero attached hydrogens (tertiary/aromatic N) is 2. The van der Waals surface area contributed by atoms with Crippen LogP contribution in [0, 0.1) is 6.92 Å². The van der Waals surface area contributed by atoms with Crippen LogP contribution in [-0.4, -0.2) is 21.6 Å². The predicted octanol–water partition coefficient (Wildman–Crippen LogP) is 1.06. The maximum absolute atomic E-state index is 11.6. The molecule has 0 fully saturated rings. The molecule has 0 aliphatic rings. The topological polar surface area (TPSA) is 60.9 Å². The van der Waals surface area contributed by atoms with Gasteiger partial charge in [-0.15, -0.1) is 0 Å². The molecule has 2 N–H and O–H groups in total. The van der Waals surface area contributed by atoms with Gasteiger partial charge in [0.2, 0.25) is 0 Å². The summed E-state index contributed by atoms with van der Waals surface area (Å²) < 4.78 is 1.87. The Hall–Kier alpha value is -1.16. The van der Waals surface area contributed by atoms with Gasteiger partial charge in [-0.05, 0) is 26.8 Å². The van der Waals surface area contributed by atoms with Crippen LogP contribution < -0.4 is 5.73 Å². The number of hydrogen-bond donors (Lipinski definition) is 1. The molecule has 84 valence electrons. The second-order valence-corrected chi connectivity index (χ2v) is 3.99. The van der Waals surface area contributed by atoms with Crippen LogP contribution in [-0.2, 0) is 17.8 Å². The normalized spacial score (nSPS) is 12.8. The van der Waals surface area contributed by atoms with Gasteiger partial charge in [-0.3, -0.25) is 9.48 Å². The Morgan fingerprint density at radius 1 is 1.67 bits per heavy atom. The van der Waals surface area contributed by atoms with Gasteiger partial charge in [0.1, 0.15) is 5.78 Å². The number of nitrogens with two attached hydrogens (primary N) is 1. The van der Waals surface area contributed by atoms with E-state index in [1.165, 1.54) is 0 Å². The third kappa shape index (κ3) is 3.47. The number of carbonyl (C=O) groups is 1. The largest absolute Gasteiger partial charge is 0.328 e. The van der Waals surface area contributed by atoms with E-state index in [2.05, 4.69) is 5.10 Å². The third-order valence-electron chi connectivity index (χ3n) is 2.21. The fraction of sp³-hybridized carbons (Fsp3) is 0.636. The maximum atomic E-state index is 11.6. The summed E-state index contributed by atoms with van der Waals surface area (Å²) in [5, 5.41) is 4.29. The molecule has 1 aromatic rings. The Morgan fingerprint density at radius 3 is 2.87 bits per heavy atom. The molecule has 0 aliphatic heterocycles. The molecule has 0 amide bonds. The van der Waals surface area contributed by atoms with Gasteiger partial charge in [0.05, 0.1) is 5.69 Å². The molecular formula is C11H19N3O. The highest BCUT2D eigenvalue weighted by atomic mass is 16.1. The Labute approximate surface area is 90.5 Å². The molecule has 1 atom stereocenters. The number of aryl methyl sites for hydroxylation is 2. The van der Waals surface area contributed by atoms with Crippen molar-refractivity contribution < 1.29 is 4.79 Å². The Balaban J connectivity index is 2.67. The highest BCUT2D eigenvalue weighted by Crippen LogP contribution is 2.06. The van der Waals surface area contributed by atoms with Crippen LogP contribution in [0.4, 0.5) is 0 Å². The lowest BCUT2D eigenvalue weighted by molar-refractivity contribution is -0.118. The molecule has 1 heterocycles. The van der Waals surface area contributed by atoms with E-state index in [-0.39, 0.29) is 11.8 Å². The molecule has 0 aliphatic carbocycles. The van der Waals surface area contributed by atoms with E-state index in [4.69, 9.17) is 5.73 Å². The van der Waals surface area contributed by atoms with E-state index in [9.17, 15) is 4.79 Å². The second-order valence-electron chi connectivity index (χ2n) is 3.99. The van der Waals surface area contributed by atoms with Crippen molar-refractivity contribution in [1.82, 2.24) is 9.78 Å². The quantitative estimate of drug-likeness (QED) is 0.788. The minimum Gasteiger partial charge on any atom is -0.328 e. The minimum atomic E-state index is -0.0587. The van der Waals surface area contributed by atoms with Crippen LogP contribution >= 0.6 is 0 Å². The first-order chi connectivity index (χ1) is 7.02. The van der Waals surface area contributed by atoms with Crippen molar-refractivity contribution >= 4 is 5.78 Å². The van der Waals surface area contributed by atoms with Gasteiger partial charge in [0.15, 0.2) is 0 Å². The Bertz CT molecular complexity index is 342. The first kappa shape index (κ1) is 11.9. The molecule has 1 aromatic heterocycles. The van der Waals surface area contributed by atoms with Crippen molar-refractivity contribution in [1.29, 1.82) is 0 Å². The SMILES string of the molecule is CCn1nc(C)cc1CC(=O)CC(C)N. The van der Waals surface area contributed by atoms with E-state index in [0.717, 1.165) is 17.9 Å². The molecule has 0 bridgehead atoms. The van der Waals surface area contributed by atoms with Gasteiger partial charge >= 0.3 is 0 Å². The van der Waals surface area contributed by atoms with Crippen molar-refractivity contribution in [3.8, 4) is 0 Å². The fourth-order valence-electron chi connectivity index (χ4n) is 1.65. The fourth-order valence-corrected chi connectivity index (χ4v) is 1.65. The third-order valence-corrected chi connectivity index (χ3v) is 2.21. The van der Waals surface area contributed by atoms with E-state index in [1.807, 2.05) is 31.5 Å². The van der Waals surface area contributed by atoms with Crippen LogP contribution in [0.25, 0.3) is 0 Å². The van der Waals surface area contributed by atoms with Crippen molar-refractivity contribution in [2.75, 3.05) is 0 Å². The van der Waals surface area contributed by atoms with Gasteiger partial charge in [-0.25, -0.2) is 0 Å². The first-order valence-electron chi connectivity index (χ1n) is 5.33. The van der Waals surface area contributed by atoms with Gasteiger partial charge in [0.25, 0.3) is 0 Å². The highest BCUT2D eigenvalue weighted by Gasteiger charge is 2.10. The van der Waals surface area contributed by atoms with Crippen LogP contribution in [0.5, 0.6) is 0 Å². The van der Waals surface area contributed by atoms with E-state index in [1.54, 1.807) is 0 Å². The molecule has 4 nitrogen and oxygen atoms in total. The summed E-state index contributed by atoms with van der Waals surface area (Å²) in [4.78, 5) is 11.6. The molecule has 0 aromatic carbocycles. The molecule has 0 saturated heterocycles. The van der Waals surface area contributed by atoms with Crippen molar-refractivity contribution in [3.05, 3.63) is 17.5 Å². The summed E-state index contributed by atoms with van der Waals surface area (Å²) in [6.07, 6.45) is 0.879. The number of hydrogen-bond acceptors (Lipinski definition) is 3. The summed E-state index contributed by atoms with van der Waals surface area (Å²) >= 11 is 0. The van der Waals surface area contributed by atoms with Crippen molar-refractivity contribution in [3.63, 3.8) is 0 Å². The van der Waals surface area contributed by atoms with Crippen LogP contribution in [0.15, 0.2) is 6.07 Å². The monoisotopic (exact) mass is 209 g/mol. The number of ketones is 1. The molecule has 0 radical (unpaired) electrons. The molecule has 15 heavy (non-hydrogen) atoms. The lowest BCUT2D eigenvalue weighted by Crippen LogP contribution is -2.21. The summed E-state index contributed by atoms with van der Waals surface area (Å²) in [6.45, 7) is 6.60. The van der Waals surface area contributed by atoms with Gasteiger partial charge in [-0.1, -0.05) is 0 Å². The van der Waals surface area contributed by atoms with E-state index in [0.29, 0.717) is 12.8 Å². The van der Waals surface area contributed by atoms with Gasteiger partial charge in [0, 0.05) is 31.1 Å². The number of Topliss-reactive ketones (excluding diaryl/α,β-unsaturated/α-hetero) is 1. The summed E-state index contributed by atoms with van der Waals surface area (Å²) in [6, 6.07) is 1.90. The second kappa shape index (κ2) is 5.07. The molecule has 0 spiro atoms. The van der Waals surface area contributed by atoms with Crippen LogP contribution in [0.3, 0.4) is 0 Å². The lowest BCUT2D eigenvalue weighted by atomic mass is 10.1. The molecule has 0 saturated carbocycles. The number of aromatic nitrogens is 2. The Morgan fingerprint density at radius 2 is 2.33 bits per heavy atom. The lowest BCUT2D eigenvalue weighted by Gasteiger charge is -2.05. The van der Waals surface area contributed by atoms with E-state index >= 15 is 0 Å². The summed E-state index contributed by atoms with van der Waals surface area (Å²) in [5.41, 5.74) is 7.52. The predicted molar refractivity (Wildman–Crippen MR) is 59.6 cm³/mol. The Kier molecular flexibility index (Phi) is 4.03. The summed E-state index contributed by atoms with van der Waals surface area (Å²) in [5.74, 6) is 0.180. The number of rotatable bonds is 5. The average Bonchev–Trinajstić information content (AvgIpc) is 2.44. The number of carbonyl (C=O) groups excluding carboxylic acids is 1. The van der Waals surface area contributed by atoms with Gasteiger partial charge in [-0.2, -0.15) is 5.10 Å². The zero-order valence-corrected chi connectivity index (χ0v) is 9.66.